The molecule has 2 heteroatoms. The summed E-state index contributed by atoms with van der Waals surface area (Å²) >= 11 is 0. The lowest BCUT2D eigenvalue weighted by atomic mass is 9.87. The molecule has 0 amide bonds. The van der Waals surface area contributed by atoms with Gasteiger partial charge in [0.15, 0.2) is 0 Å². The lowest BCUT2D eigenvalue weighted by Crippen LogP contribution is -2.29. The predicted molar refractivity (Wildman–Crippen MR) is 44.6 cm³/mol. The molecule has 0 aliphatic heterocycles. The first kappa shape index (κ1) is 9.01. The van der Waals surface area contributed by atoms with Gasteiger partial charge in [-0.1, -0.05) is 12.8 Å². The van der Waals surface area contributed by atoms with Gasteiger partial charge in [-0.05, 0) is 12.8 Å². The number of methoxy groups -OCH3 is 2. The highest BCUT2D eigenvalue weighted by atomic mass is 16.5. The molecule has 2 atom stereocenters. The Bertz CT molecular complexity index is 102. The second-order valence-electron chi connectivity index (χ2n) is 3.27. The van der Waals surface area contributed by atoms with E-state index >= 15 is 0 Å². The van der Waals surface area contributed by atoms with Crippen LogP contribution in [0.3, 0.4) is 0 Å². The van der Waals surface area contributed by atoms with Crippen LogP contribution >= 0.6 is 0 Å². The largest absolute Gasteiger partial charge is 0.384 e. The van der Waals surface area contributed by atoms with Crippen LogP contribution in [-0.4, -0.2) is 26.9 Å². The van der Waals surface area contributed by atoms with Crippen LogP contribution in [0.5, 0.6) is 0 Å². The van der Waals surface area contributed by atoms with Crippen LogP contribution in [-0.2, 0) is 9.47 Å². The van der Waals surface area contributed by atoms with Gasteiger partial charge in [0.25, 0.3) is 0 Å². The molecule has 0 N–H and O–H groups in total. The summed E-state index contributed by atoms with van der Waals surface area (Å²) in [5.41, 5.74) is 0. The van der Waals surface area contributed by atoms with E-state index in [9.17, 15) is 0 Å². The summed E-state index contributed by atoms with van der Waals surface area (Å²) in [6.45, 7) is 0.860. The summed E-state index contributed by atoms with van der Waals surface area (Å²) in [5.74, 6) is 0.638. The highest BCUT2D eigenvalue weighted by Crippen LogP contribution is 2.26. The lowest BCUT2D eigenvalue weighted by molar-refractivity contribution is -0.00960. The molecule has 1 rings (SSSR count). The van der Waals surface area contributed by atoms with Crippen molar-refractivity contribution in [3.05, 3.63) is 0 Å². The topological polar surface area (TPSA) is 18.5 Å². The Kier molecular flexibility index (Phi) is 3.87. The van der Waals surface area contributed by atoms with Gasteiger partial charge in [0.2, 0.25) is 0 Å². The highest BCUT2D eigenvalue weighted by molar-refractivity contribution is 4.75. The minimum atomic E-state index is 0.448. The Hall–Kier alpha value is -0.0800. The minimum absolute atomic E-state index is 0.448. The van der Waals surface area contributed by atoms with Crippen molar-refractivity contribution in [3.8, 4) is 0 Å². The molecule has 0 aromatic heterocycles. The van der Waals surface area contributed by atoms with E-state index < -0.39 is 0 Å². The van der Waals surface area contributed by atoms with Crippen molar-refractivity contribution < 1.29 is 9.47 Å². The Morgan fingerprint density at radius 1 is 1.18 bits per heavy atom. The molecule has 1 aliphatic carbocycles. The molecular weight excluding hydrogens is 140 g/mol. The molecule has 0 aromatic rings. The minimum Gasteiger partial charge on any atom is -0.384 e. The Balaban J connectivity index is 2.31. The summed E-state index contributed by atoms with van der Waals surface area (Å²) in [5, 5.41) is 0. The van der Waals surface area contributed by atoms with Crippen molar-refractivity contribution in [2.75, 3.05) is 20.8 Å². The van der Waals surface area contributed by atoms with E-state index in [-0.39, 0.29) is 0 Å². The molecular formula is C9H18O2. The molecule has 66 valence electrons. The van der Waals surface area contributed by atoms with Gasteiger partial charge >= 0.3 is 0 Å². The summed E-state index contributed by atoms with van der Waals surface area (Å²) in [7, 11) is 3.57. The maximum atomic E-state index is 5.38. The Labute approximate surface area is 68.9 Å². The van der Waals surface area contributed by atoms with Crippen LogP contribution in [0.1, 0.15) is 25.7 Å². The second kappa shape index (κ2) is 4.73. The third-order valence-electron chi connectivity index (χ3n) is 2.52. The third-order valence-corrected chi connectivity index (χ3v) is 2.52. The van der Waals surface area contributed by atoms with Crippen LogP contribution in [0.4, 0.5) is 0 Å². The third kappa shape index (κ3) is 2.46. The SMILES string of the molecule is COC[C@H]1CCCC[C@@H]1OC. The maximum absolute atomic E-state index is 5.38. The van der Waals surface area contributed by atoms with Crippen molar-refractivity contribution in [2.45, 2.75) is 31.8 Å². The van der Waals surface area contributed by atoms with Crippen LogP contribution < -0.4 is 0 Å². The van der Waals surface area contributed by atoms with Crippen molar-refractivity contribution in [1.29, 1.82) is 0 Å². The second-order valence-corrected chi connectivity index (χ2v) is 3.27. The lowest BCUT2D eigenvalue weighted by Gasteiger charge is -2.29. The number of hydrogen-bond acceptors (Lipinski definition) is 2. The molecule has 0 aromatic carbocycles. The van der Waals surface area contributed by atoms with E-state index in [0.29, 0.717) is 12.0 Å². The fourth-order valence-electron chi connectivity index (χ4n) is 1.89. The van der Waals surface area contributed by atoms with Crippen LogP contribution in [0.25, 0.3) is 0 Å². The first-order valence-corrected chi connectivity index (χ1v) is 4.40. The maximum Gasteiger partial charge on any atom is 0.0621 e. The zero-order valence-corrected chi connectivity index (χ0v) is 7.51. The van der Waals surface area contributed by atoms with Crippen molar-refractivity contribution in [1.82, 2.24) is 0 Å². The zero-order chi connectivity index (χ0) is 8.10. The van der Waals surface area contributed by atoms with E-state index in [1.807, 2.05) is 0 Å². The number of ether oxygens (including phenoxy) is 2. The van der Waals surface area contributed by atoms with E-state index in [1.165, 1.54) is 25.7 Å². The fourth-order valence-corrected chi connectivity index (χ4v) is 1.89. The van der Waals surface area contributed by atoms with Gasteiger partial charge in [-0.25, -0.2) is 0 Å². The Morgan fingerprint density at radius 3 is 2.55 bits per heavy atom. The standard InChI is InChI=1S/C9H18O2/c1-10-7-8-5-3-4-6-9(8)11-2/h8-9H,3-7H2,1-2H3/t8-,9+/m1/s1. The van der Waals surface area contributed by atoms with Crippen molar-refractivity contribution >= 4 is 0 Å². The molecule has 1 fully saturated rings. The van der Waals surface area contributed by atoms with Crippen LogP contribution in [0.2, 0.25) is 0 Å². The zero-order valence-electron chi connectivity index (χ0n) is 7.51. The molecule has 2 nitrogen and oxygen atoms in total. The molecule has 0 unspecified atom stereocenters. The monoisotopic (exact) mass is 158 g/mol. The highest BCUT2D eigenvalue weighted by Gasteiger charge is 2.24. The summed E-state index contributed by atoms with van der Waals surface area (Å²) in [6, 6.07) is 0. The molecule has 1 saturated carbocycles. The van der Waals surface area contributed by atoms with E-state index in [1.54, 1.807) is 14.2 Å². The predicted octanol–water partition coefficient (Wildman–Crippen LogP) is 1.84. The molecule has 0 radical (unpaired) electrons. The summed E-state index contributed by atoms with van der Waals surface area (Å²) < 4.78 is 10.5. The average Bonchev–Trinajstić information content (AvgIpc) is 2.06. The summed E-state index contributed by atoms with van der Waals surface area (Å²) in [6.07, 6.45) is 5.59. The molecule has 11 heavy (non-hydrogen) atoms. The number of rotatable bonds is 3. The normalized spacial score (nSPS) is 32.2. The van der Waals surface area contributed by atoms with Gasteiger partial charge < -0.3 is 9.47 Å². The first-order valence-electron chi connectivity index (χ1n) is 4.40. The van der Waals surface area contributed by atoms with Crippen molar-refractivity contribution in [2.24, 2.45) is 5.92 Å². The van der Waals surface area contributed by atoms with Gasteiger partial charge in [-0.15, -0.1) is 0 Å². The summed E-state index contributed by atoms with van der Waals surface area (Å²) in [4.78, 5) is 0. The van der Waals surface area contributed by atoms with Gasteiger partial charge in [0.05, 0.1) is 12.7 Å². The fraction of sp³-hybridized carbons (Fsp3) is 1.00. The molecule has 1 aliphatic rings. The molecule has 0 heterocycles. The van der Waals surface area contributed by atoms with E-state index in [4.69, 9.17) is 9.47 Å². The quantitative estimate of drug-likeness (QED) is 0.624. The molecule has 0 bridgehead atoms. The first-order chi connectivity index (χ1) is 5.38. The van der Waals surface area contributed by atoms with Gasteiger partial charge in [-0.3, -0.25) is 0 Å². The van der Waals surface area contributed by atoms with Crippen LogP contribution in [0, 0.1) is 5.92 Å². The molecule has 0 spiro atoms. The van der Waals surface area contributed by atoms with E-state index in [2.05, 4.69) is 0 Å². The van der Waals surface area contributed by atoms with Crippen LogP contribution in [0.15, 0.2) is 0 Å². The smallest absolute Gasteiger partial charge is 0.0621 e. The van der Waals surface area contributed by atoms with Crippen molar-refractivity contribution in [3.63, 3.8) is 0 Å². The molecule has 0 saturated heterocycles. The van der Waals surface area contributed by atoms with Gasteiger partial charge in [-0.2, -0.15) is 0 Å². The van der Waals surface area contributed by atoms with E-state index in [0.717, 1.165) is 6.61 Å². The van der Waals surface area contributed by atoms with Gasteiger partial charge in [0, 0.05) is 20.1 Å². The van der Waals surface area contributed by atoms with Gasteiger partial charge in [0.1, 0.15) is 0 Å². The number of hydrogen-bond donors (Lipinski definition) is 0. The Morgan fingerprint density at radius 2 is 1.91 bits per heavy atom. The average molecular weight is 158 g/mol.